The number of aromatic nitrogens is 3. The number of hydrogen-bond donors (Lipinski definition) is 2. The molecule has 0 saturated heterocycles. The molecule has 0 aliphatic rings. The SMILES string of the molecule is CCCCn1cc(CC(C)(C)OCCC(C)(C)Oc2ccc(CN([C@@H](C(=O)NO)C(C)C)S(=O)(=O)c3ccc(OC)cc3)cc2)nn1. The van der Waals surface area contributed by atoms with Crippen LogP contribution in [-0.2, 0) is 39.1 Å². The van der Waals surface area contributed by atoms with Crippen molar-refractivity contribution in [2.45, 2.75) is 109 Å². The number of ether oxygens (including phenoxy) is 3. The maximum Gasteiger partial charge on any atom is 0.262 e. The van der Waals surface area contributed by atoms with Gasteiger partial charge < -0.3 is 14.2 Å². The van der Waals surface area contributed by atoms with Crippen molar-refractivity contribution in [2.24, 2.45) is 5.92 Å². The predicted molar refractivity (Wildman–Crippen MR) is 179 cm³/mol. The molecule has 0 radical (unpaired) electrons. The normalized spacial score (nSPS) is 13.2. The highest BCUT2D eigenvalue weighted by atomic mass is 32.2. The van der Waals surface area contributed by atoms with E-state index in [0.29, 0.717) is 36.5 Å². The second-order valence-corrected chi connectivity index (χ2v) is 15.1. The summed E-state index contributed by atoms with van der Waals surface area (Å²) in [6, 6.07) is 11.9. The zero-order valence-electron chi connectivity index (χ0n) is 28.9. The molecule has 2 aromatic carbocycles. The molecule has 13 heteroatoms. The average Bonchev–Trinajstić information content (AvgIpc) is 3.45. The van der Waals surface area contributed by atoms with Gasteiger partial charge in [0.1, 0.15) is 23.1 Å². The second kappa shape index (κ2) is 16.5. The zero-order valence-corrected chi connectivity index (χ0v) is 29.7. The standard InChI is InChI=1S/C34H51N5O7S/c1-9-10-20-38-24-27(35-37-38)22-34(6,7)45-21-19-33(4,5)46-29-13-11-26(12-14-29)23-39(31(25(2)3)32(40)36-41)47(42,43)30-17-15-28(44-8)16-18-30/h11-18,24-25,31,41H,9-10,19-23H2,1-8H3,(H,36,40)/t31-/m1/s1. The highest BCUT2D eigenvalue weighted by Gasteiger charge is 2.38. The van der Waals surface area contributed by atoms with Gasteiger partial charge in [0.25, 0.3) is 5.91 Å². The number of aryl methyl sites for hydroxylation is 1. The van der Waals surface area contributed by atoms with Gasteiger partial charge in [-0.1, -0.05) is 44.5 Å². The molecule has 12 nitrogen and oxygen atoms in total. The summed E-state index contributed by atoms with van der Waals surface area (Å²) in [6.45, 7) is 14.9. The summed E-state index contributed by atoms with van der Waals surface area (Å²) >= 11 is 0. The monoisotopic (exact) mass is 673 g/mol. The van der Waals surface area contributed by atoms with Gasteiger partial charge in [0.05, 0.1) is 29.9 Å². The molecular formula is C34H51N5O7S. The summed E-state index contributed by atoms with van der Waals surface area (Å²) in [7, 11) is -2.66. The Morgan fingerprint density at radius 3 is 2.23 bits per heavy atom. The first kappa shape index (κ1) is 37.9. The van der Waals surface area contributed by atoms with Gasteiger partial charge in [0.15, 0.2) is 0 Å². The minimum Gasteiger partial charge on any atom is -0.497 e. The molecule has 1 heterocycles. The van der Waals surface area contributed by atoms with Gasteiger partial charge in [-0.3, -0.25) is 14.7 Å². The van der Waals surface area contributed by atoms with Crippen LogP contribution >= 0.6 is 0 Å². The van der Waals surface area contributed by atoms with Crippen LogP contribution in [-0.4, -0.2) is 69.8 Å². The number of methoxy groups -OCH3 is 1. The van der Waals surface area contributed by atoms with Crippen LogP contribution in [0, 0.1) is 5.92 Å². The Bertz CT molecular complexity index is 1520. The van der Waals surface area contributed by atoms with Crippen molar-refractivity contribution in [3.8, 4) is 11.5 Å². The highest BCUT2D eigenvalue weighted by molar-refractivity contribution is 7.89. The lowest BCUT2D eigenvalue weighted by molar-refractivity contribution is -0.134. The maximum atomic E-state index is 13.8. The van der Waals surface area contributed by atoms with Gasteiger partial charge in [-0.25, -0.2) is 13.9 Å². The Morgan fingerprint density at radius 1 is 1.02 bits per heavy atom. The number of nitrogens with zero attached hydrogens (tertiary/aromatic N) is 4. The zero-order chi connectivity index (χ0) is 34.8. The van der Waals surface area contributed by atoms with E-state index in [1.807, 2.05) is 38.6 Å². The van der Waals surface area contributed by atoms with Gasteiger partial charge in [-0.05, 0) is 82.0 Å². The van der Waals surface area contributed by atoms with Crippen molar-refractivity contribution in [3.63, 3.8) is 0 Å². The number of carbonyl (C=O) groups excluding carboxylic acids is 1. The van der Waals surface area contributed by atoms with E-state index < -0.39 is 39.1 Å². The smallest absolute Gasteiger partial charge is 0.262 e. The Labute approximate surface area is 279 Å². The largest absolute Gasteiger partial charge is 0.497 e. The number of hydroxylamine groups is 1. The van der Waals surface area contributed by atoms with E-state index in [0.717, 1.165) is 29.4 Å². The molecule has 260 valence electrons. The van der Waals surface area contributed by atoms with Crippen LogP contribution < -0.4 is 15.0 Å². The molecular weight excluding hydrogens is 622 g/mol. The molecule has 1 aromatic heterocycles. The number of unbranched alkanes of at least 4 members (excludes halogenated alkanes) is 1. The van der Waals surface area contributed by atoms with Crippen LogP contribution in [0.1, 0.15) is 79.0 Å². The molecule has 0 aliphatic carbocycles. The van der Waals surface area contributed by atoms with Crippen LogP contribution in [0.15, 0.2) is 59.6 Å². The van der Waals surface area contributed by atoms with Crippen molar-refractivity contribution in [1.29, 1.82) is 0 Å². The molecule has 1 amide bonds. The molecule has 47 heavy (non-hydrogen) atoms. The average molecular weight is 674 g/mol. The molecule has 0 bridgehead atoms. The summed E-state index contributed by atoms with van der Waals surface area (Å²) in [6.07, 6.45) is 5.42. The van der Waals surface area contributed by atoms with E-state index in [9.17, 15) is 18.4 Å². The van der Waals surface area contributed by atoms with Crippen LogP contribution in [0.4, 0.5) is 0 Å². The topological polar surface area (TPSA) is 145 Å². The van der Waals surface area contributed by atoms with E-state index >= 15 is 0 Å². The minimum atomic E-state index is -4.16. The predicted octanol–water partition coefficient (Wildman–Crippen LogP) is 5.39. The Morgan fingerprint density at radius 2 is 1.66 bits per heavy atom. The molecule has 0 unspecified atom stereocenters. The third-order valence-electron chi connectivity index (χ3n) is 7.77. The highest BCUT2D eigenvalue weighted by Crippen LogP contribution is 2.28. The van der Waals surface area contributed by atoms with Crippen molar-refractivity contribution in [3.05, 3.63) is 66.0 Å². The third-order valence-corrected chi connectivity index (χ3v) is 9.61. The van der Waals surface area contributed by atoms with Crippen LogP contribution in [0.5, 0.6) is 11.5 Å². The van der Waals surface area contributed by atoms with Gasteiger partial charge in [0, 0.05) is 32.1 Å². The lowest BCUT2D eigenvalue weighted by atomic mass is 10.0. The fourth-order valence-corrected chi connectivity index (χ4v) is 6.88. The van der Waals surface area contributed by atoms with Crippen molar-refractivity contribution >= 4 is 15.9 Å². The summed E-state index contributed by atoms with van der Waals surface area (Å²) in [5.74, 6) is -0.145. The van der Waals surface area contributed by atoms with Gasteiger partial charge in [0.2, 0.25) is 10.0 Å². The maximum absolute atomic E-state index is 13.8. The molecule has 1 atom stereocenters. The van der Waals surface area contributed by atoms with E-state index in [1.165, 1.54) is 19.2 Å². The second-order valence-electron chi connectivity index (χ2n) is 13.3. The van der Waals surface area contributed by atoms with Crippen molar-refractivity contribution < 1.29 is 32.6 Å². The fraction of sp³-hybridized carbons (Fsp3) is 0.559. The summed E-state index contributed by atoms with van der Waals surface area (Å²) in [5.41, 5.74) is 2.19. The van der Waals surface area contributed by atoms with Crippen LogP contribution in [0.25, 0.3) is 0 Å². The van der Waals surface area contributed by atoms with Crippen molar-refractivity contribution in [1.82, 2.24) is 24.8 Å². The number of nitrogens with one attached hydrogen (secondary N) is 1. The quantitative estimate of drug-likeness (QED) is 0.126. The van der Waals surface area contributed by atoms with Gasteiger partial charge in [-0.15, -0.1) is 5.10 Å². The molecule has 0 aliphatic heterocycles. The molecule has 0 spiro atoms. The minimum absolute atomic E-state index is 0.0000904. The number of benzene rings is 2. The van der Waals surface area contributed by atoms with E-state index in [4.69, 9.17) is 14.2 Å². The Hall–Kier alpha value is -3.52. The first-order valence-electron chi connectivity index (χ1n) is 16.0. The molecule has 3 rings (SSSR count). The lowest BCUT2D eigenvalue weighted by Gasteiger charge is -2.32. The van der Waals surface area contributed by atoms with E-state index in [1.54, 1.807) is 55.7 Å². The van der Waals surface area contributed by atoms with E-state index in [-0.39, 0.29) is 11.4 Å². The first-order chi connectivity index (χ1) is 22.1. The number of carbonyl (C=O) groups is 1. The number of amides is 1. The molecule has 3 aromatic rings. The number of sulfonamides is 1. The van der Waals surface area contributed by atoms with Crippen LogP contribution in [0.2, 0.25) is 0 Å². The third kappa shape index (κ3) is 11.0. The number of rotatable bonds is 19. The van der Waals surface area contributed by atoms with Crippen LogP contribution in [0.3, 0.4) is 0 Å². The molecule has 0 saturated carbocycles. The van der Waals surface area contributed by atoms with Gasteiger partial charge in [-0.2, -0.15) is 4.31 Å². The molecule has 0 fully saturated rings. The fourth-order valence-electron chi connectivity index (χ4n) is 5.17. The summed E-state index contributed by atoms with van der Waals surface area (Å²) in [5, 5.41) is 18.0. The summed E-state index contributed by atoms with van der Waals surface area (Å²) in [4.78, 5) is 12.7. The Kier molecular flexibility index (Phi) is 13.3. The molecule has 2 N–H and O–H groups in total. The first-order valence-corrected chi connectivity index (χ1v) is 17.5. The lowest BCUT2D eigenvalue weighted by Crippen LogP contribution is -2.51. The van der Waals surface area contributed by atoms with Gasteiger partial charge >= 0.3 is 0 Å². The van der Waals surface area contributed by atoms with Crippen molar-refractivity contribution in [2.75, 3.05) is 13.7 Å². The Balaban J connectivity index is 1.67. The number of hydrogen-bond acceptors (Lipinski definition) is 9. The summed E-state index contributed by atoms with van der Waals surface area (Å²) < 4.78 is 48.4. The van der Waals surface area contributed by atoms with E-state index in [2.05, 4.69) is 17.2 Å².